The van der Waals surface area contributed by atoms with Crippen LogP contribution in [0.15, 0.2) is 18.2 Å². The van der Waals surface area contributed by atoms with E-state index in [-0.39, 0.29) is 17.8 Å². The zero-order chi connectivity index (χ0) is 21.6. The summed E-state index contributed by atoms with van der Waals surface area (Å²) in [5.74, 6) is 0.395. The van der Waals surface area contributed by atoms with Crippen molar-refractivity contribution in [2.45, 2.75) is 41.0 Å². The lowest BCUT2D eigenvalue weighted by Gasteiger charge is -2.11. The SMILES string of the molecule is C#Cc1c(F)c(F)cc2cc(OC=O)cc(CC)c12.CC.CC.CN(C)C. The van der Waals surface area contributed by atoms with Gasteiger partial charge in [0.25, 0.3) is 6.47 Å². The number of hydrogen-bond donors (Lipinski definition) is 0. The Hall–Kier alpha value is -2.45. The van der Waals surface area contributed by atoms with Crippen molar-refractivity contribution in [1.29, 1.82) is 0 Å². The number of terminal acetylenes is 1. The summed E-state index contributed by atoms with van der Waals surface area (Å²) in [6, 6.07) is 4.09. The maximum Gasteiger partial charge on any atom is 0.298 e. The molecule has 2 aromatic rings. The molecule has 0 spiro atoms. The van der Waals surface area contributed by atoms with Crippen molar-refractivity contribution in [2.24, 2.45) is 0 Å². The molecule has 5 heteroatoms. The fourth-order valence-electron chi connectivity index (χ4n) is 2.08. The van der Waals surface area contributed by atoms with Gasteiger partial charge in [0.2, 0.25) is 0 Å². The van der Waals surface area contributed by atoms with Crippen LogP contribution in [-0.4, -0.2) is 32.5 Å². The van der Waals surface area contributed by atoms with Crippen LogP contribution in [0.3, 0.4) is 0 Å². The molecule has 0 aliphatic heterocycles. The van der Waals surface area contributed by atoms with Gasteiger partial charge in [-0.25, -0.2) is 8.78 Å². The van der Waals surface area contributed by atoms with Gasteiger partial charge in [-0.15, -0.1) is 6.42 Å². The molecular weight excluding hydrogens is 348 g/mol. The maximum absolute atomic E-state index is 13.7. The molecule has 0 atom stereocenters. The second-order valence-electron chi connectivity index (χ2n) is 5.28. The minimum Gasteiger partial charge on any atom is -0.429 e. The number of benzene rings is 2. The molecule has 0 N–H and O–H groups in total. The van der Waals surface area contributed by atoms with Gasteiger partial charge >= 0.3 is 0 Å². The van der Waals surface area contributed by atoms with E-state index in [4.69, 9.17) is 11.2 Å². The fraction of sp³-hybridized carbons (Fsp3) is 0.409. The van der Waals surface area contributed by atoms with Crippen LogP contribution in [0.4, 0.5) is 8.78 Å². The fourth-order valence-corrected chi connectivity index (χ4v) is 2.08. The Balaban J connectivity index is 0. The molecule has 0 heterocycles. The van der Waals surface area contributed by atoms with Crippen molar-refractivity contribution in [3.05, 3.63) is 41.0 Å². The Morgan fingerprint density at radius 1 is 1.11 bits per heavy atom. The lowest BCUT2D eigenvalue weighted by molar-refractivity contribution is -0.120. The van der Waals surface area contributed by atoms with Crippen LogP contribution >= 0.6 is 0 Å². The maximum atomic E-state index is 13.7. The lowest BCUT2D eigenvalue weighted by atomic mass is 9.97. The van der Waals surface area contributed by atoms with Gasteiger partial charge in [0, 0.05) is 5.39 Å². The summed E-state index contributed by atoms with van der Waals surface area (Å²) >= 11 is 0. The number of carbonyl (C=O) groups is 1. The van der Waals surface area contributed by atoms with Gasteiger partial charge in [-0.05, 0) is 56.7 Å². The van der Waals surface area contributed by atoms with Gasteiger partial charge < -0.3 is 9.64 Å². The Bertz CT molecular complexity index is 748. The van der Waals surface area contributed by atoms with Gasteiger partial charge in [-0.1, -0.05) is 40.5 Å². The monoisotopic (exact) mass is 379 g/mol. The summed E-state index contributed by atoms with van der Waals surface area (Å²) in [5, 5.41) is 0.880. The van der Waals surface area contributed by atoms with Crippen LogP contribution in [0.25, 0.3) is 10.8 Å². The van der Waals surface area contributed by atoms with E-state index in [1.807, 2.05) is 60.7 Å². The highest BCUT2D eigenvalue weighted by atomic mass is 19.2. The number of halogens is 2. The first-order valence-corrected chi connectivity index (χ1v) is 8.98. The van der Waals surface area contributed by atoms with Gasteiger partial charge in [0.15, 0.2) is 11.6 Å². The molecule has 27 heavy (non-hydrogen) atoms. The minimum atomic E-state index is -1.03. The predicted molar refractivity (Wildman–Crippen MR) is 110 cm³/mol. The molecule has 150 valence electrons. The molecule has 0 aromatic heterocycles. The quantitative estimate of drug-likeness (QED) is 0.526. The number of nitrogens with zero attached hydrogens (tertiary/aromatic N) is 1. The van der Waals surface area contributed by atoms with Crippen molar-refractivity contribution in [1.82, 2.24) is 4.90 Å². The van der Waals surface area contributed by atoms with E-state index >= 15 is 0 Å². The highest BCUT2D eigenvalue weighted by molar-refractivity contribution is 5.92. The van der Waals surface area contributed by atoms with E-state index in [9.17, 15) is 13.6 Å². The van der Waals surface area contributed by atoms with E-state index in [0.29, 0.717) is 22.8 Å². The second-order valence-corrected chi connectivity index (χ2v) is 5.28. The molecule has 0 amide bonds. The van der Waals surface area contributed by atoms with Crippen LogP contribution in [0.2, 0.25) is 0 Å². The third kappa shape index (κ3) is 8.19. The minimum absolute atomic E-state index is 0.107. The standard InChI is InChI=1S/C15H10F2O2.C3H9N.2C2H6/c1-3-9-5-11(19-8-18)6-10-7-13(16)15(17)12(4-2)14(9)10;1-4(2)3;2*1-2/h2,5-8H,3H2,1H3;1-3H3;2*1-2H3. The van der Waals surface area contributed by atoms with E-state index in [1.54, 1.807) is 6.07 Å². The average molecular weight is 379 g/mol. The van der Waals surface area contributed by atoms with E-state index < -0.39 is 11.6 Å². The Kier molecular flexibility index (Phi) is 14.6. The Morgan fingerprint density at radius 3 is 2.04 bits per heavy atom. The van der Waals surface area contributed by atoms with Gasteiger partial charge in [-0.2, -0.15) is 0 Å². The largest absolute Gasteiger partial charge is 0.429 e. The average Bonchev–Trinajstić information content (AvgIpc) is 2.65. The number of hydrogen-bond acceptors (Lipinski definition) is 3. The van der Waals surface area contributed by atoms with Crippen LogP contribution in [0.5, 0.6) is 5.75 Å². The summed E-state index contributed by atoms with van der Waals surface area (Å²) in [5.41, 5.74) is 0.589. The number of rotatable bonds is 3. The summed E-state index contributed by atoms with van der Waals surface area (Å²) in [4.78, 5) is 12.4. The molecule has 0 aliphatic rings. The molecule has 2 rings (SSSR count). The normalized spacial score (nSPS) is 8.96. The van der Waals surface area contributed by atoms with Crippen molar-refractivity contribution in [3.8, 4) is 18.1 Å². The first kappa shape index (κ1) is 26.8. The topological polar surface area (TPSA) is 29.5 Å². The third-order valence-electron chi connectivity index (χ3n) is 2.89. The number of fused-ring (bicyclic) bond motifs is 1. The van der Waals surface area contributed by atoms with Gasteiger partial charge in [-0.3, -0.25) is 4.79 Å². The summed E-state index contributed by atoms with van der Waals surface area (Å²) in [7, 11) is 6.00. The zero-order valence-corrected chi connectivity index (χ0v) is 17.6. The molecule has 0 saturated carbocycles. The smallest absolute Gasteiger partial charge is 0.298 e. The predicted octanol–water partition coefficient (Wildman–Crippen LogP) is 5.43. The highest BCUT2D eigenvalue weighted by Gasteiger charge is 2.15. The van der Waals surface area contributed by atoms with Crippen molar-refractivity contribution in [2.75, 3.05) is 21.1 Å². The number of ether oxygens (including phenoxy) is 1. The number of aryl methyl sites for hydroxylation is 1. The van der Waals surface area contributed by atoms with Crippen LogP contribution in [0, 0.1) is 24.0 Å². The summed E-state index contributed by atoms with van der Waals surface area (Å²) < 4.78 is 31.9. The van der Waals surface area contributed by atoms with Crippen molar-refractivity contribution >= 4 is 17.2 Å². The van der Waals surface area contributed by atoms with Gasteiger partial charge in [0.05, 0.1) is 5.56 Å². The highest BCUT2D eigenvalue weighted by Crippen LogP contribution is 2.31. The van der Waals surface area contributed by atoms with Crippen molar-refractivity contribution < 1.29 is 18.3 Å². The Morgan fingerprint density at radius 2 is 1.63 bits per heavy atom. The lowest BCUT2D eigenvalue weighted by Crippen LogP contribution is -1.99. The Labute approximate surface area is 162 Å². The van der Waals surface area contributed by atoms with Gasteiger partial charge in [0.1, 0.15) is 5.75 Å². The second kappa shape index (κ2) is 14.7. The van der Waals surface area contributed by atoms with E-state index in [2.05, 4.69) is 5.92 Å². The molecule has 3 nitrogen and oxygen atoms in total. The first-order chi connectivity index (χ1) is 12.8. The van der Waals surface area contributed by atoms with Crippen LogP contribution in [0.1, 0.15) is 45.7 Å². The molecule has 0 radical (unpaired) electrons. The van der Waals surface area contributed by atoms with E-state index in [1.165, 1.54) is 6.07 Å². The molecule has 0 bridgehead atoms. The molecule has 2 aromatic carbocycles. The van der Waals surface area contributed by atoms with Crippen LogP contribution in [-0.2, 0) is 11.2 Å². The molecule has 0 aliphatic carbocycles. The summed E-state index contributed by atoms with van der Waals surface area (Å²) in [6.45, 7) is 10.1. The number of carbonyl (C=O) groups excluding carboxylic acids is 1. The zero-order valence-electron chi connectivity index (χ0n) is 17.6. The van der Waals surface area contributed by atoms with E-state index in [0.717, 1.165) is 6.07 Å². The third-order valence-corrected chi connectivity index (χ3v) is 2.89. The molecule has 0 unspecified atom stereocenters. The van der Waals surface area contributed by atoms with Crippen LogP contribution < -0.4 is 4.74 Å². The summed E-state index contributed by atoms with van der Waals surface area (Å²) in [6.07, 6.45) is 5.81. The first-order valence-electron chi connectivity index (χ1n) is 8.98. The molecule has 0 fully saturated rings. The molecule has 0 saturated heterocycles. The van der Waals surface area contributed by atoms with Crippen molar-refractivity contribution in [3.63, 3.8) is 0 Å². The molecular formula is C22H31F2NO2.